The van der Waals surface area contributed by atoms with E-state index >= 15 is 0 Å². The molecule has 1 spiro atoms. The van der Waals surface area contributed by atoms with Crippen molar-refractivity contribution in [3.63, 3.8) is 0 Å². The van der Waals surface area contributed by atoms with Crippen LogP contribution in [0, 0.1) is 11.8 Å². The van der Waals surface area contributed by atoms with Gasteiger partial charge in [0, 0.05) is 0 Å². The largest absolute Gasteiger partial charge is 0.299 e. The first-order valence-electron chi connectivity index (χ1n) is 6.22. The fourth-order valence-electron chi connectivity index (χ4n) is 2.98. The zero-order chi connectivity index (χ0) is 10.0. The molecule has 2 heteroatoms. The van der Waals surface area contributed by atoms with Crippen LogP contribution in [0.1, 0.15) is 46.0 Å². The van der Waals surface area contributed by atoms with Crippen molar-refractivity contribution in [1.29, 1.82) is 0 Å². The molecule has 2 rings (SSSR count). The topological polar surface area (TPSA) is 24.1 Å². The van der Waals surface area contributed by atoms with Gasteiger partial charge < -0.3 is 0 Å². The number of piperidine rings is 2. The van der Waals surface area contributed by atoms with Crippen molar-refractivity contribution in [2.75, 3.05) is 13.1 Å². The van der Waals surface area contributed by atoms with Crippen molar-refractivity contribution < 1.29 is 0 Å². The average Bonchev–Trinajstić information content (AvgIpc) is 2.19. The van der Waals surface area contributed by atoms with Crippen LogP contribution >= 0.6 is 0 Å². The summed E-state index contributed by atoms with van der Waals surface area (Å²) in [5, 5.41) is 7.42. The number of rotatable bonds is 1. The SMILES string of the molecule is CC(C)[C@@H]1CCNC2(CCCCN2)C1. The van der Waals surface area contributed by atoms with Gasteiger partial charge in [-0.1, -0.05) is 13.8 Å². The Bertz CT molecular complexity index is 177. The Hall–Kier alpha value is -0.0800. The van der Waals surface area contributed by atoms with E-state index in [1.165, 1.54) is 45.2 Å². The van der Waals surface area contributed by atoms with E-state index in [-0.39, 0.29) is 0 Å². The quantitative estimate of drug-likeness (QED) is 0.671. The molecule has 0 aliphatic carbocycles. The van der Waals surface area contributed by atoms with Gasteiger partial charge in [0.15, 0.2) is 0 Å². The summed E-state index contributed by atoms with van der Waals surface area (Å²) in [5.74, 6) is 1.76. The summed E-state index contributed by atoms with van der Waals surface area (Å²) >= 11 is 0. The van der Waals surface area contributed by atoms with Gasteiger partial charge in [-0.15, -0.1) is 0 Å². The molecule has 2 saturated heterocycles. The van der Waals surface area contributed by atoms with E-state index < -0.39 is 0 Å². The van der Waals surface area contributed by atoms with E-state index in [0.717, 1.165) is 11.8 Å². The summed E-state index contributed by atoms with van der Waals surface area (Å²) in [4.78, 5) is 0. The van der Waals surface area contributed by atoms with Gasteiger partial charge >= 0.3 is 0 Å². The van der Waals surface area contributed by atoms with Crippen LogP contribution in [-0.4, -0.2) is 18.8 Å². The van der Waals surface area contributed by atoms with Gasteiger partial charge in [-0.2, -0.15) is 0 Å². The van der Waals surface area contributed by atoms with Gasteiger partial charge in [-0.3, -0.25) is 10.6 Å². The monoisotopic (exact) mass is 196 g/mol. The molecule has 2 aliphatic heterocycles. The van der Waals surface area contributed by atoms with E-state index in [4.69, 9.17) is 0 Å². The summed E-state index contributed by atoms with van der Waals surface area (Å²) < 4.78 is 0. The Morgan fingerprint density at radius 1 is 1.14 bits per heavy atom. The van der Waals surface area contributed by atoms with Gasteiger partial charge in [0.25, 0.3) is 0 Å². The minimum Gasteiger partial charge on any atom is -0.299 e. The summed E-state index contributed by atoms with van der Waals surface area (Å²) in [5.41, 5.74) is 0.311. The standard InChI is InChI=1S/C12H24N2/c1-10(2)11-5-8-14-12(9-11)6-3-4-7-13-12/h10-11,13-14H,3-9H2,1-2H3/t11-,12?/m1/s1. The minimum atomic E-state index is 0.311. The lowest BCUT2D eigenvalue weighted by atomic mass is 9.78. The molecule has 0 aromatic carbocycles. The highest BCUT2D eigenvalue weighted by Crippen LogP contribution is 2.32. The lowest BCUT2D eigenvalue weighted by Gasteiger charge is -2.46. The first kappa shape index (κ1) is 10.4. The Balaban J connectivity index is 1.97. The third-order valence-electron chi connectivity index (χ3n) is 4.03. The molecule has 1 unspecified atom stereocenters. The summed E-state index contributed by atoms with van der Waals surface area (Å²) in [6.45, 7) is 7.15. The number of hydrogen-bond donors (Lipinski definition) is 2. The summed E-state index contributed by atoms with van der Waals surface area (Å²) in [7, 11) is 0. The van der Waals surface area contributed by atoms with E-state index in [9.17, 15) is 0 Å². The van der Waals surface area contributed by atoms with Crippen LogP contribution in [0.15, 0.2) is 0 Å². The van der Waals surface area contributed by atoms with Crippen LogP contribution in [0.4, 0.5) is 0 Å². The Morgan fingerprint density at radius 2 is 1.93 bits per heavy atom. The third kappa shape index (κ3) is 2.12. The van der Waals surface area contributed by atoms with Crippen molar-refractivity contribution in [3.8, 4) is 0 Å². The Morgan fingerprint density at radius 3 is 2.57 bits per heavy atom. The van der Waals surface area contributed by atoms with Gasteiger partial charge in [-0.05, 0) is 57.0 Å². The van der Waals surface area contributed by atoms with Crippen LogP contribution in [-0.2, 0) is 0 Å². The highest BCUT2D eigenvalue weighted by molar-refractivity contribution is 4.94. The van der Waals surface area contributed by atoms with Crippen molar-refractivity contribution in [2.24, 2.45) is 11.8 Å². The first-order valence-corrected chi connectivity index (χ1v) is 6.22. The molecule has 82 valence electrons. The van der Waals surface area contributed by atoms with E-state index in [1.807, 2.05) is 0 Å². The highest BCUT2D eigenvalue weighted by Gasteiger charge is 2.37. The van der Waals surface area contributed by atoms with Crippen molar-refractivity contribution in [3.05, 3.63) is 0 Å². The smallest absolute Gasteiger partial charge is 0.0690 e. The second-order valence-electron chi connectivity index (χ2n) is 5.39. The number of hydrogen-bond acceptors (Lipinski definition) is 2. The molecule has 14 heavy (non-hydrogen) atoms. The molecule has 0 aromatic heterocycles. The molecule has 0 radical (unpaired) electrons. The summed E-state index contributed by atoms with van der Waals surface area (Å²) in [6, 6.07) is 0. The van der Waals surface area contributed by atoms with Crippen molar-refractivity contribution in [2.45, 2.75) is 51.6 Å². The predicted molar refractivity (Wildman–Crippen MR) is 60.1 cm³/mol. The Labute approximate surface area is 87.8 Å². The van der Waals surface area contributed by atoms with E-state index in [2.05, 4.69) is 24.5 Å². The van der Waals surface area contributed by atoms with Crippen LogP contribution in [0.25, 0.3) is 0 Å². The maximum atomic E-state index is 3.71. The van der Waals surface area contributed by atoms with Gasteiger partial charge in [-0.25, -0.2) is 0 Å². The molecule has 2 atom stereocenters. The van der Waals surface area contributed by atoms with Crippen LogP contribution in [0.2, 0.25) is 0 Å². The van der Waals surface area contributed by atoms with Crippen molar-refractivity contribution >= 4 is 0 Å². The minimum absolute atomic E-state index is 0.311. The molecule has 2 heterocycles. The molecular weight excluding hydrogens is 172 g/mol. The van der Waals surface area contributed by atoms with Crippen LogP contribution in [0.5, 0.6) is 0 Å². The maximum absolute atomic E-state index is 3.71. The van der Waals surface area contributed by atoms with E-state index in [1.54, 1.807) is 0 Å². The highest BCUT2D eigenvalue weighted by atomic mass is 15.2. The zero-order valence-electron chi connectivity index (χ0n) is 9.60. The molecule has 0 amide bonds. The van der Waals surface area contributed by atoms with Crippen molar-refractivity contribution in [1.82, 2.24) is 10.6 Å². The first-order chi connectivity index (χ1) is 6.72. The van der Waals surface area contributed by atoms with E-state index in [0.29, 0.717) is 5.66 Å². The second-order valence-corrected chi connectivity index (χ2v) is 5.39. The lowest BCUT2D eigenvalue weighted by molar-refractivity contribution is 0.100. The molecule has 0 aromatic rings. The van der Waals surface area contributed by atoms with Gasteiger partial charge in [0.05, 0.1) is 5.66 Å². The lowest BCUT2D eigenvalue weighted by Crippen LogP contribution is -2.62. The maximum Gasteiger partial charge on any atom is 0.0690 e. The normalized spacial score (nSPS) is 39.2. The summed E-state index contributed by atoms with van der Waals surface area (Å²) in [6.07, 6.45) is 6.78. The van der Waals surface area contributed by atoms with Crippen LogP contribution in [0.3, 0.4) is 0 Å². The molecular formula is C12H24N2. The fourth-order valence-corrected chi connectivity index (χ4v) is 2.98. The van der Waals surface area contributed by atoms with Gasteiger partial charge in [0.2, 0.25) is 0 Å². The van der Waals surface area contributed by atoms with Gasteiger partial charge in [0.1, 0.15) is 0 Å². The molecule has 2 N–H and O–H groups in total. The molecule has 2 fully saturated rings. The van der Waals surface area contributed by atoms with Crippen LogP contribution < -0.4 is 10.6 Å². The molecule has 2 aliphatic rings. The second kappa shape index (κ2) is 4.19. The Kier molecular flexibility index (Phi) is 3.13. The fraction of sp³-hybridized carbons (Fsp3) is 1.00. The molecule has 0 saturated carbocycles. The zero-order valence-corrected chi connectivity index (χ0v) is 9.60. The predicted octanol–water partition coefficient (Wildman–Crippen LogP) is 2.11. The third-order valence-corrected chi connectivity index (χ3v) is 4.03. The molecule has 2 nitrogen and oxygen atoms in total. The average molecular weight is 196 g/mol. The molecule has 0 bridgehead atoms. The number of nitrogens with one attached hydrogen (secondary N) is 2.